The summed E-state index contributed by atoms with van der Waals surface area (Å²) in [6.45, 7) is 2.45. The average Bonchev–Trinajstić information content (AvgIpc) is 2.75. The van der Waals surface area contributed by atoms with Gasteiger partial charge in [0.2, 0.25) is 5.13 Å². The highest BCUT2D eigenvalue weighted by Gasteiger charge is 2.34. The fourth-order valence-electron chi connectivity index (χ4n) is 2.09. The first kappa shape index (κ1) is 10.8. The second-order valence-electron chi connectivity index (χ2n) is 4.49. The average molecular weight is 227 g/mol. The molecule has 1 aromatic rings. The van der Waals surface area contributed by atoms with Crippen LogP contribution in [0.5, 0.6) is 0 Å². The van der Waals surface area contributed by atoms with Gasteiger partial charge in [-0.2, -0.15) is 4.37 Å². The van der Waals surface area contributed by atoms with E-state index >= 15 is 0 Å². The van der Waals surface area contributed by atoms with E-state index < -0.39 is 0 Å². The van der Waals surface area contributed by atoms with Crippen LogP contribution in [-0.2, 0) is 0 Å². The molecule has 1 aliphatic rings. The second kappa shape index (κ2) is 4.45. The predicted octanol–water partition coefficient (Wildman–Crippen LogP) is 1.89. The van der Waals surface area contributed by atoms with Gasteiger partial charge in [-0.1, -0.05) is 6.92 Å². The number of aliphatic hydroxyl groups is 1. The largest absolute Gasteiger partial charge is 0.394 e. The molecule has 1 aromatic heterocycles. The number of aliphatic hydroxyl groups excluding tert-OH is 1. The molecule has 4 nitrogen and oxygen atoms in total. The lowest BCUT2D eigenvalue weighted by atomic mass is 9.78. The minimum atomic E-state index is -0.161. The van der Waals surface area contributed by atoms with Gasteiger partial charge in [-0.05, 0) is 31.6 Å². The van der Waals surface area contributed by atoms with Gasteiger partial charge >= 0.3 is 0 Å². The predicted molar refractivity (Wildman–Crippen MR) is 61.0 cm³/mol. The Bertz CT molecular complexity index is 294. The lowest BCUT2D eigenvalue weighted by molar-refractivity contribution is 0.155. The minimum Gasteiger partial charge on any atom is -0.394 e. The highest BCUT2D eigenvalue weighted by Crippen LogP contribution is 2.34. The molecule has 1 fully saturated rings. The Morgan fingerprint density at radius 2 is 2.33 bits per heavy atom. The summed E-state index contributed by atoms with van der Waals surface area (Å²) >= 11 is 1.35. The van der Waals surface area contributed by atoms with Crippen molar-refractivity contribution in [1.29, 1.82) is 0 Å². The molecule has 2 N–H and O–H groups in total. The number of hydrogen-bond donors (Lipinski definition) is 2. The Hall–Kier alpha value is -0.680. The van der Waals surface area contributed by atoms with Crippen molar-refractivity contribution in [3.63, 3.8) is 0 Å². The Morgan fingerprint density at radius 3 is 2.87 bits per heavy atom. The summed E-state index contributed by atoms with van der Waals surface area (Å²) in [5.74, 6) is 0.779. The molecule has 0 unspecified atom stereocenters. The van der Waals surface area contributed by atoms with E-state index in [1.54, 1.807) is 6.33 Å². The zero-order valence-corrected chi connectivity index (χ0v) is 9.76. The lowest BCUT2D eigenvalue weighted by Crippen LogP contribution is -2.45. The summed E-state index contributed by atoms with van der Waals surface area (Å²) in [6.07, 6.45) is 5.93. The zero-order chi connectivity index (χ0) is 10.7. The van der Waals surface area contributed by atoms with Crippen molar-refractivity contribution in [3.8, 4) is 0 Å². The summed E-state index contributed by atoms with van der Waals surface area (Å²) in [6, 6.07) is 0. The molecular weight excluding hydrogens is 210 g/mol. The van der Waals surface area contributed by atoms with Crippen molar-refractivity contribution in [2.75, 3.05) is 11.9 Å². The maximum Gasteiger partial charge on any atom is 0.202 e. The Morgan fingerprint density at radius 1 is 1.60 bits per heavy atom. The SMILES string of the molecule is CC1CCC(CO)(Nc2ncns2)CC1. The number of aromatic nitrogens is 2. The van der Waals surface area contributed by atoms with Crippen molar-refractivity contribution in [2.24, 2.45) is 5.92 Å². The summed E-state index contributed by atoms with van der Waals surface area (Å²) in [7, 11) is 0. The molecule has 0 radical (unpaired) electrons. The van der Waals surface area contributed by atoms with Gasteiger partial charge in [-0.25, -0.2) is 4.98 Å². The van der Waals surface area contributed by atoms with Gasteiger partial charge in [0.15, 0.2) is 0 Å². The molecule has 0 saturated heterocycles. The second-order valence-corrected chi connectivity index (χ2v) is 5.27. The van der Waals surface area contributed by atoms with Gasteiger partial charge in [-0.3, -0.25) is 0 Å². The van der Waals surface area contributed by atoms with Crippen molar-refractivity contribution in [1.82, 2.24) is 9.36 Å². The Kier molecular flexibility index (Phi) is 3.21. The van der Waals surface area contributed by atoms with Gasteiger partial charge in [0.25, 0.3) is 0 Å². The molecule has 1 aliphatic carbocycles. The number of rotatable bonds is 3. The minimum absolute atomic E-state index is 0.161. The van der Waals surface area contributed by atoms with Crippen LogP contribution in [0.15, 0.2) is 6.33 Å². The van der Waals surface area contributed by atoms with E-state index in [0.29, 0.717) is 0 Å². The van der Waals surface area contributed by atoms with Gasteiger partial charge in [0.1, 0.15) is 6.33 Å². The molecule has 0 spiro atoms. The summed E-state index contributed by atoms with van der Waals surface area (Å²) in [4.78, 5) is 4.11. The van der Waals surface area contributed by atoms with Gasteiger partial charge in [0, 0.05) is 11.5 Å². The zero-order valence-electron chi connectivity index (χ0n) is 8.94. The molecule has 0 aromatic carbocycles. The topological polar surface area (TPSA) is 58.0 Å². The number of nitrogens with zero attached hydrogens (tertiary/aromatic N) is 2. The molecular formula is C10H17N3OS. The summed E-state index contributed by atoms with van der Waals surface area (Å²) in [5.41, 5.74) is -0.161. The number of nitrogens with one attached hydrogen (secondary N) is 1. The van der Waals surface area contributed by atoms with E-state index in [1.165, 1.54) is 24.4 Å². The molecule has 0 atom stereocenters. The smallest absolute Gasteiger partial charge is 0.202 e. The van der Waals surface area contributed by atoms with Crippen LogP contribution in [0.1, 0.15) is 32.6 Å². The third-order valence-corrected chi connectivity index (χ3v) is 3.85. The van der Waals surface area contributed by atoms with Crippen molar-refractivity contribution in [3.05, 3.63) is 6.33 Å². The Labute approximate surface area is 93.9 Å². The maximum absolute atomic E-state index is 9.52. The summed E-state index contributed by atoms with van der Waals surface area (Å²) < 4.78 is 3.95. The van der Waals surface area contributed by atoms with Crippen LogP contribution >= 0.6 is 11.5 Å². The molecule has 0 bridgehead atoms. The Balaban J connectivity index is 2.02. The quantitative estimate of drug-likeness (QED) is 0.828. The third-order valence-electron chi connectivity index (χ3n) is 3.27. The monoisotopic (exact) mass is 227 g/mol. The molecule has 1 heterocycles. The highest BCUT2D eigenvalue weighted by molar-refractivity contribution is 7.09. The van der Waals surface area contributed by atoms with Crippen LogP contribution in [0, 0.1) is 5.92 Å². The van der Waals surface area contributed by atoms with Crippen LogP contribution in [0.2, 0.25) is 0 Å². The number of hydrogen-bond acceptors (Lipinski definition) is 5. The summed E-state index contributed by atoms with van der Waals surface area (Å²) in [5, 5.41) is 13.7. The standard InChI is InChI=1S/C10H17N3OS/c1-8-2-4-10(6-14,5-3-8)13-9-11-7-12-15-9/h7-8,14H,2-6H2,1H3,(H,11,12,13). The molecule has 5 heteroatoms. The van der Waals surface area contributed by atoms with Gasteiger partial charge in [0.05, 0.1) is 12.1 Å². The lowest BCUT2D eigenvalue weighted by Gasteiger charge is -2.38. The van der Waals surface area contributed by atoms with Crippen LogP contribution in [0.3, 0.4) is 0 Å². The first-order chi connectivity index (χ1) is 7.24. The normalized spacial score (nSPS) is 31.5. The fourth-order valence-corrected chi connectivity index (χ4v) is 2.64. The van der Waals surface area contributed by atoms with Gasteiger partial charge in [-0.15, -0.1) is 0 Å². The van der Waals surface area contributed by atoms with Crippen molar-refractivity contribution >= 4 is 16.7 Å². The van der Waals surface area contributed by atoms with Crippen molar-refractivity contribution in [2.45, 2.75) is 38.1 Å². The first-order valence-corrected chi connectivity index (χ1v) is 6.17. The first-order valence-electron chi connectivity index (χ1n) is 5.40. The van der Waals surface area contributed by atoms with E-state index in [4.69, 9.17) is 0 Å². The highest BCUT2D eigenvalue weighted by atomic mass is 32.1. The van der Waals surface area contributed by atoms with Gasteiger partial charge < -0.3 is 10.4 Å². The number of anilines is 1. The van der Waals surface area contributed by atoms with Crippen LogP contribution in [-0.4, -0.2) is 26.6 Å². The molecule has 2 rings (SSSR count). The van der Waals surface area contributed by atoms with Crippen LogP contribution in [0.4, 0.5) is 5.13 Å². The van der Waals surface area contributed by atoms with Crippen LogP contribution in [0.25, 0.3) is 0 Å². The van der Waals surface area contributed by atoms with E-state index in [9.17, 15) is 5.11 Å². The fraction of sp³-hybridized carbons (Fsp3) is 0.800. The maximum atomic E-state index is 9.52. The van der Waals surface area contributed by atoms with E-state index in [2.05, 4.69) is 21.6 Å². The molecule has 84 valence electrons. The molecule has 0 aliphatic heterocycles. The molecule has 1 saturated carbocycles. The van der Waals surface area contributed by atoms with E-state index in [1.807, 2.05) is 0 Å². The van der Waals surface area contributed by atoms with Crippen LogP contribution < -0.4 is 5.32 Å². The van der Waals surface area contributed by atoms with E-state index in [-0.39, 0.29) is 12.1 Å². The molecule has 15 heavy (non-hydrogen) atoms. The van der Waals surface area contributed by atoms with Crippen molar-refractivity contribution < 1.29 is 5.11 Å². The third kappa shape index (κ3) is 2.46. The molecule has 0 amide bonds. The van der Waals surface area contributed by atoms with E-state index in [0.717, 1.165) is 23.9 Å².